The van der Waals surface area contributed by atoms with Gasteiger partial charge in [0.2, 0.25) is 0 Å². The molecule has 0 aliphatic carbocycles. The molecule has 0 aromatic carbocycles. The number of hydrogen-bond donors (Lipinski definition) is 1. The van der Waals surface area contributed by atoms with Crippen LogP contribution in [0.3, 0.4) is 0 Å². The Morgan fingerprint density at radius 2 is 1.16 bits per heavy atom. The first-order chi connectivity index (χ1) is 16.0. The highest BCUT2D eigenvalue weighted by atomic mass is 32.2. The minimum absolute atomic E-state index is 0.0526. The number of rotatable bonds is 16. The van der Waals surface area contributed by atoms with Crippen LogP contribution in [0.15, 0.2) is 0 Å². The van der Waals surface area contributed by atoms with Crippen LogP contribution in [0.1, 0.15) is 19.3 Å². The molecule has 0 aromatic heterocycles. The van der Waals surface area contributed by atoms with Gasteiger partial charge in [0, 0.05) is 31.7 Å². The molecular weight excluding hydrogens is 603 g/mol. The van der Waals surface area contributed by atoms with Crippen LogP contribution in [0.25, 0.3) is 0 Å². The van der Waals surface area contributed by atoms with Crippen molar-refractivity contribution < 1.29 is 78.4 Å². The average molecular weight is 629 g/mol. The fraction of sp³-hybridized carbons (Fsp3) is 1.00. The van der Waals surface area contributed by atoms with Crippen molar-refractivity contribution in [1.82, 2.24) is 4.31 Å². The number of sulfonamides is 1. The van der Waals surface area contributed by atoms with Gasteiger partial charge in [0.15, 0.2) is 0 Å². The van der Waals surface area contributed by atoms with Gasteiger partial charge in [-0.15, -0.1) is 0 Å². The molecule has 224 valence electrons. The van der Waals surface area contributed by atoms with Gasteiger partial charge in [0.1, 0.15) is 0 Å². The number of alkyl halides is 9. The van der Waals surface area contributed by atoms with Crippen LogP contribution in [0.2, 0.25) is 0 Å². The van der Waals surface area contributed by atoms with Crippen LogP contribution in [-0.4, -0.2) is 118 Å². The number of quaternary nitrogens is 1. The summed E-state index contributed by atoms with van der Waals surface area (Å²) in [5, 5.41) is -7.02. The van der Waals surface area contributed by atoms with Crippen molar-refractivity contribution in [3.63, 3.8) is 0 Å². The van der Waals surface area contributed by atoms with Crippen LogP contribution < -0.4 is 0 Å². The van der Waals surface area contributed by atoms with Crippen molar-refractivity contribution in [2.75, 3.05) is 51.8 Å². The van der Waals surface area contributed by atoms with Gasteiger partial charge in [0.25, 0.3) is 20.1 Å². The molecule has 0 radical (unpaired) electrons. The number of halogens is 9. The van der Waals surface area contributed by atoms with Gasteiger partial charge in [-0.25, -0.2) is 16.8 Å². The zero-order valence-electron chi connectivity index (χ0n) is 19.2. The van der Waals surface area contributed by atoms with Gasteiger partial charge >= 0.3 is 23.3 Å². The van der Waals surface area contributed by atoms with Gasteiger partial charge in [-0.2, -0.15) is 52.2 Å². The topological polar surface area (TPSA) is 149 Å². The second-order valence-corrected chi connectivity index (χ2v) is 13.6. The van der Waals surface area contributed by atoms with Crippen molar-refractivity contribution in [2.24, 2.45) is 0 Å². The molecule has 0 saturated heterocycles. The Hall–Kier alpha value is -0.940. The predicted octanol–water partition coefficient (Wildman–Crippen LogP) is 1.72. The molecule has 0 aliphatic heterocycles. The molecule has 0 spiro atoms. The number of nitrogens with zero attached hydrogens (tertiary/aromatic N) is 2. The number of hydrogen-bond acceptors (Lipinski definition) is 7. The van der Waals surface area contributed by atoms with Gasteiger partial charge in [-0.05, 0) is 6.42 Å². The van der Waals surface area contributed by atoms with E-state index in [0.717, 1.165) is 0 Å². The molecular formula is C15H25F9N2O8S3. The summed E-state index contributed by atoms with van der Waals surface area (Å²) in [6.07, 6.45) is -9.05. The summed E-state index contributed by atoms with van der Waals surface area (Å²) < 4.78 is 205. The summed E-state index contributed by atoms with van der Waals surface area (Å²) in [4.78, 5) is 0. The molecule has 0 saturated carbocycles. The monoisotopic (exact) mass is 628 g/mol. The Labute approximate surface area is 207 Å². The Bertz CT molecular complexity index is 1090. The van der Waals surface area contributed by atoms with Crippen molar-refractivity contribution in [3.05, 3.63) is 0 Å². The molecule has 0 aliphatic rings. The molecule has 0 bridgehead atoms. The van der Waals surface area contributed by atoms with Crippen LogP contribution in [-0.2, 0) is 30.3 Å². The molecule has 0 heterocycles. The Balaban J connectivity index is 5.99. The highest BCUT2D eigenvalue weighted by molar-refractivity contribution is 7.90. The minimum Gasteiger partial charge on any atom is -0.748 e. The maximum atomic E-state index is 14.2. The van der Waals surface area contributed by atoms with Gasteiger partial charge in [-0.1, -0.05) is 0 Å². The molecule has 10 nitrogen and oxygen atoms in total. The van der Waals surface area contributed by atoms with Crippen molar-refractivity contribution >= 4 is 30.3 Å². The first-order valence-electron chi connectivity index (χ1n) is 9.92. The van der Waals surface area contributed by atoms with E-state index in [1.165, 1.54) is 14.1 Å². The maximum absolute atomic E-state index is 14.2. The summed E-state index contributed by atoms with van der Waals surface area (Å²) in [7, 11) is -13.7. The highest BCUT2D eigenvalue weighted by Gasteiger charge is 2.85. The van der Waals surface area contributed by atoms with Crippen molar-refractivity contribution in [3.8, 4) is 0 Å². The van der Waals surface area contributed by atoms with Gasteiger partial charge < -0.3 is 9.04 Å². The van der Waals surface area contributed by atoms with E-state index in [1.807, 2.05) is 0 Å². The van der Waals surface area contributed by atoms with E-state index in [1.54, 1.807) is 0 Å². The lowest BCUT2D eigenvalue weighted by Gasteiger charge is -2.36. The maximum Gasteiger partial charge on any atom is 0.460 e. The standard InChI is InChI=1S/C15H25F9N2O8S3/c1-26(2,9-5-11-36(30,31)32)8-3-6-25(7-4-10-35(27,28)29)37(33,34)15(23,24)13(18,19)12(16,17)14(20,21)22/h3-11H2,1-2H3,(H-,27,28,29,30,31,32). The molecule has 0 unspecified atom stereocenters. The molecule has 0 amide bonds. The molecule has 22 heteroatoms. The fourth-order valence-corrected chi connectivity index (χ4v) is 5.41. The zero-order valence-corrected chi connectivity index (χ0v) is 21.6. The molecule has 0 atom stereocenters. The van der Waals surface area contributed by atoms with Crippen LogP contribution in [0.5, 0.6) is 0 Å². The Kier molecular flexibility index (Phi) is 11.4. The van der Waals surface area contributed by atoms with E-state index >= 15 is 0 Å². The van der Waals surface area contributed by atoms with Crippen molar-refractivity contribution in [2.45, 2.75) is 42.5 Å². The van der Waals surface area contributed by atoms with E-state index in [4.69, 9.17) is 4.55 Å². The van der Waals surface area contributed by atoms with Gasteiger partial charge in [0.05, 0.1) is 43.1 Å². The van der Waals surface area contributed by atoms with E-state index in [9.17, 15) is 69.3 Å². The third-order valence-corrected chi connectivity index (χ3v) is 8.46. The zero-order chi connectivity index (χ0) is 29.9. The SMILES string of the molecule is C[N+](C)(CCCN(CCCS(=O)(=O)O)S(=O)(=O)C(F)(F)C(F)(F)C(F)(F)C(F)(F)F)CCCS(=O)(=O)[O-]. The molecule has 0 fully saturated rings. The second kappa shape index (κ2) is 11.7. The highest BCUT2D eigenvalue weighted by Crippen LogP contribution is 2.55. The third kappa shape index (κ3) is 9.64. The quantitative estimate of drug-likeness (QED) is 0.154. The van der Waals surface area contributed by atoms with E-state index < -0.39 is 95.3 Å². The molecule has 1 N–H and O–H groups in total. The Morgan fingerprint density at radius 3 is 1.57 bits per heavy atom. The second-order valence-electron chi connectivity index (χ2n) is 8.56. The summed E-state index contributed by atoms with van der Waals surface area (Å²) in [5.74, 6) is -17.1. The average Bonchev–Trinajstić information content (AvgIpc) is 2.63. The smallest absolute Gasteiger partial charge is 0.460 e. The third-order valence-electron chi connectivity index (χ3n) is 4.92. The minimum atomic E-state index is -7.49. The lowest BCUT2D eigenvalue weighted by Crippen LogP contribution is -2.65. The molecule has 0 rings (SSSR count). The summed E-state index contributed by atoms with van der Waals surface area (Å²) in [5.41, 5.74) is 0. The normalized spacial score (nSPS) is 15.4. The summed E-state index contributed by atoms with van der Waals surface area (Å²) in [6.45, 7) is -2.88. The first kappa shape index (κ1) is 36.1. The summed E-state index contributed by atoms with van der Waals surface area (Å²) >= 11 is 0. The van der Waals surface area contributed by atoms with Crippen molar-refractivity contribution in [1.29, 1.82) is 0 Å². The van der Waals surface area contributed by atoms with Gasteiger partial charge in [-0.3, -0.25) is 4.55 Å². The summed E-state index contributed by atoms with van der Waals surface area (Å²) in [6, 6.07) is 0. The fourth-order valence-electron chi connectivity index (χ4n) is 2.92. The molecule has 37 heavy (non-hydrogen) atoms. The van der Waals surface area contributed by atoms with Crippen LogP contribution >= 0.6 is 0 Å². The van der Waals surface area contributed by atoms with E-state index in [-0.39, 0.29) is 24.0 Å². The lowest BCUT2D eigenvalue weighted by atomic mass is 10.1. The Morgan fingerprint density at radius 1 is 0.730 bits per heavy atom. The predicted molar refractivity (Wildman–Crippen MR) is 108 cm³/mol. The largest absolute Gasteiger partial charge is 0.748 e. The van der Waals surface area contributed by atoms with E-state index in [0.29, 0.717) is 0 Å². The molecule has 0 aromatic rings. The van der Waals surface area contributed by atoms with Crippen LogP contribution in [0, 0.1) is 0 Å². The lowest BCUT2D eigenvalue weighted by molar-refractivity contribution is -0.890. The van der Waals surface area contributed by atoms with E-state index in [2.05, 4.69) is 0 Å². The van der Waals surface area contributed by atoms with Crippen LogP contribution in [0.4, 0.5) is 39.5 Å². The first-order valence-corrected chi connectivity index (χ1v) is 14.6.